The van der Waals surface area contributed by atoms with Crippen LogP contribution in [0, 0.1) is 13.8 Å². The van der Waals surface area contributed by atoms with Crippen molar-refractivity contribution in [2.24, 2.45) is 0 Å². The first-order chi connectivity index (χ1) is 9.04. The van der Waals surface area contributed by atoms with Crippen molar-refractivity contribution in [1.82, 2.24) is 0 Å². The average Bonchev–Trinajstić information content (AvgIpc) is 2.34. The third-order valence-electron chi connectivity index (χ3n) is 3.03. The molecule has 98 valence electrons. The van der Waals surface area contributed by atoms with Gasteiger partial charge in [-0.2, -0.15) is 0 Å². The number of benzene rings is 2. The number of aryl methyl sites for hydroxylation is 2. The molecule has 0 aromatic heterocycles. The van der Waals surface area contributed by atoms with Crippen molar-refractivity contribution in [2.75, 3.05) is 11.1 Å². The second-order valence-electron chi connectivity index (χ2n) is 4.78. The lowest BCUT2D eigenvalue weighted by atomic mass is 10.0. The van der Waals surface area contributed by atoms with E-state index in [1.54, 1.807) is 12.1 Å². The highest BCUT2D eigenvalue weighted by atomic mass is 16.1. The van der Waals surface area contributed by atoms with Crippen LogP contribution >= 0.6 is 0 Å². The molecule has 0 saturated carbocycles. The Morgan fingerprint density at radius 1 is 1.16 bits per heavy atom. The van der Waals surface area contributed by atoms with Crippen molar-refractivity contribution >= 4 is 17.3 Å². The number of nitrogen functional groups attached to an aromatic ring is 1. The van der Waals surface area contributed by atoms with Crippen molar-refractivity contribution in [1.29, 1.82) is 0 Å². The largest absolute Gasteiger partial charge is 0.399 e. The maximum absolute atomic E-state index is 12.0. The first-order valence-electron chi connectivity index (χ1n) is 6.26. The Morgan fingerprint density at radius 3 is 2.68 bits per heavy atom. The maximum Gasteiger partial charge on any atom is 0.228 e. The van der Waals surface area contributed by atoms with E-state index in [0.29, 0.717) is 12.1 Å². The normalized spacial score (nSPS) is 10.2. The van der Waals surface area contributed by atoms with Crippen LogP contribution in [0.25, 0.3) is 0 Å². The lowest BCUT2D eigenvalue weighted by Crippen LogP contribution is -2.15. The molecule has 0 fully saturated rings. The second-order valence-corrected chi connectivity index (χ2v) is 4.78. The van der Waals surface area contributed by atoms with Crippen LogP contribution in [-0.4, -0.2) is 5.91 Å². The molecular formula is C16H18N2O. The summed E-state index contributed by atoms with van der Waals surface area (Å²) in [7, 11) is 0. The van der Waals surface area contributed by atoms with Crippen LogP contribution in [0.1, 0.15) is 16.7 Å². The molecule has 0 saturated heterocycles. The molecule has 0 radical (unpaired) electrons. The number of hydrogen-bond acceptors (Lipinski definition) is 2. The number of rotatable bonds is 3. The van der Waals surface area contributed by atoms with Gasteiger partial charge in [-0.15, -0.1) is 0 Å². The van der Waals surface area contributed by atoms with E-state index in [9.17, 15) is 4.79 Å². The number of amides is 1. The van der Waals surface area contributed by atoms with Gasteiger partial charge in [0, 0.05) is 11.4 Å². The summed E-state index contributed by atoms with van der Waals surface area (Å²) in [5.74, 6) is -0.0284. The highest BCUT2D eigenvalue weighted by Gasteiger charge is 2.07. The van der Waals surface area contributed by atoms with Crippen molar-refractivity contribution in [3.63, 3.8) is 0 Å². The summed E-state index contributed by atoms with van der Waals surface area (Å²) in [6.45, 7) is 4.04. The Hall–Kier alpha value is -2.29. The fourth-order valence-electron chi connectivity index (χ4n) is 1.99. The van der Waals surface area contributed by atoms with Crippen molar-refractivity contribution in [3.8, 4) is 0 Å². The Morgan fingerprint density at radius 2 is 1.95 bits per heavy atom. The molecule has 0 unspecified atom stereocenters. The van der Waals surface area contributed by atoms with Crippen LogP contribution in [0.15, 0.2) is 42.5 Å². The standard InChI is InChI=1S/C16H18N2O/c1-11-6-7-12(2)13(8-11)9-16(19)18-15-5-3-4-14(17)10-15/h3-8,10H,9,17H2,1-2H3,(H,18,19). The van der Waals surface area contributed by atoms with Gasteiger partial charge in [0.25, 0.3) is 0 Å². The highest BCUT2D eigenvalue weighted by Crippen LogP contribution is 2.14. The smallest absolute Gasteiger partial charge is 0.228 e. The predicted molar refractivity (Wildman–Crippen MR) is 79.1 cm³/mol. The second kappa shape index (κ2) is 5.57. The summed E-state index contributed by atoms with van der Waals surface area (Å²) in [4.78, 5) is 12.0. The maximum atomic E-state index is 12.0. The molecule has 0 bridgehead atoms. The van der Waals surface area contributed by atoms with E-state index in [0.717, 1.165) is 22.4 Å². The van der Waals surface area contributed by atoms with Gasteiger partial charge in [-0.25, -0.2) is 0 Å². The first kappa shape index (κ1) is 13.1. The highest BCUT2D eigenvalue weighted by molar-refractivity contribution is 5.92. The summed E-state index contributed by atoms with van der Waals surface area (Å²) in [5.41, 5.74) is 10.4. The average molecular weight is 254 g/mol. The van der Waals surface area contributed by atoms with Gasteiger partial charge < -0.3 is 11.1 Å². The van der Waals surface area contributed by atoms with Crippen molar-refractivity contribution in [3.05, 3.63) is 59.2 Å². The number of nitrogens with two attached hydrogens (primary N) is 1. The number of carbonyl (C=O) groups is 1. The summed E-state index contributed by atoms with van der Waals surface area (Å²) >= 11 is 0. The topological polar surface area (TPSA) is 55.1 Å². The van der Waals surface area contributed by atoms with Crippen LogP contribution in [-0.2, 0) is 11.2 Å². The summed E-state index contributed by atoms with van der Waals surface area (Å²) in [5, 5.41) is 2.86. The van der Waals surface area contributed by atoms with Crippen LogP contribution in [0.3, 0.4) is 0 Å². The molecular weight excluding hydrogens is 236 g/mol. The molecule has 19 heavy (non-hydrogen) atoms. The molecule has 1 amide bonds. The number of carbonyl (C=O) groups excluding carboxylic acids is 1. The number of hydrogen-bond donors (Lipinski definition) is 2. The molecule has 0 aliphatic rings. The van der Waals surface area contributed by atoms with E-state index in [1.807, 2.05) is 38.1 Å². The monoisotopic (exact) mass is 254 g/mol. The third kappa shape index (κ3) is 3.58. The molecule has 3 N–H and O–H groups in total. The molecule has 0 aliphatic heterocycles. The van der Waals surface area contributed by atoms with Crippen molar-refractivity contribution < 1.29 is 4.79 Å². The van der Waals surface area contributed by atoms with E-state index >= 15 is 0 Å². The van der Waals surface area contributed by atoms with Gasteiger partial charge in [-0.3, -0.25) is 4.79 Å². The van der Waals surface area contributed by atoms with Gasteiger partial charge >= 0.3 is 0 Å². The van der Waals surface area contributed by atoms with Crippen LogP contribution in [0.4, 0.5) is 11.4 Å². The van der Waals surface area contributed by atoms with Gasteiger partial charge in [0.1, 0.15) is 0 Å². The van der Waals surface area contributed by atoms with Gasteiger partial charge in [0.2, 0.25) is 5.91 Å². The zero-order valence-corrected chi connectivity index (χ0v) is 11.2. The van der Waals surface area contributed by atoms with E-state index < -0.39 is 0 Å². The first-order valence-corrected chi connectivity index (χ1v) is 6.26. The SMILES string of the molecule is Cc1ccc(C)c(CC(=O)Nc2cccc(N)c2)c1. The molecule has 2 rings (SSSR count). The van der Waals surface area contributed by atoms with Crippen molar-refractivity contribution in [2.45, 2.75) is 20.3 Å². The lowest BCUT2D eigenvalue weighted by molar-refractivity contribution is -0.115. The van der Waals surface area contributed by atoms with Gasteiger partial charge in [0.15, 0.2) is 0 Å². The molecule has 3 heteroatoms. The Kier molecular flexibility index (Phi) is 3.85. The Labute approximate surface area is 113 Å². The Bertz CT molecular complexity index is 605. The van der Waals surface area contributed by atoms with Gasteiger partial charge in [0.05, 0.1) is 6.42 Å². The summed E-state index contributed by atoms with van der Waals surface area (Å²) in [6.07, 6.45) is 0.377. The minimum absolute atomic E-state index is 0.0284. The molecule has 2 aromatic carbocycles. The zero-order valence-electron chi connectivity index (χ0n) is 11.2. The molecule has 0 atom stereocenters. The molecule has 0 heterocycles. The Balaban J connectivity index is 2.07. The van der Waals surface area contributed by atoms with Gasteiger partial charge in [-0.1, -0.05) is 29.8 Å². The van der Waals surface area contributed by atoms with E-state index in [4.69, 9.17) is 5.73 Å². The van der Waals surface area contributed by atoms with Crippen LogP contribution < -0.4 is 11.1 Å². The fourth-order valence-corrected chi connectivity index (χ4v) is 1.99. The van der Waals surface area contributed by atoms with Crippen LogP contribution in [0.5, 0.6) is 0 Å². The van der Waals surface area contributed by atoms with Gasteiger partial charge in [-0.05, 0) is 43.2 Å². The molecule has 3 nitrogen and oxygen atoms in total. The third-order valence-corrected chi connectivity index (χ3v) is 3.03. The zero-order chi connectivity index (χ0) is 13.8. The van der Waals surface area contributed by atoms with E-state index in [-0.39, 0.29) is 5.91 Å². The summed E-state index contributed by atoms with van der Waals surface area (Å²) in [6, 6.07) is 13.3. The van der Waals surface area contributed by atoms with E-state index in [1.165, 1.54) is 0 Å². The lowest BCUT2D eigenvalue weighted by Gasteiger charge is -2.08. The van der Waals surface area contributed by atoms with Crippen LogP contribution in [0.2, 0.25) is 0 Å². The van der Waals surface area contributed by atoms with E-state index in [2.05, 4.69) is 11.4 Å². The summed E-state index contributed by atoms with van der Waals surface area (Å²) < 4.78 is 0. The predicted octanol–water partition coefficient (Wildman–Crippen LogP) is 3.07. The number of anilines is 2. The minimum Gasteiger partial charge on any atom is -0.399 e. The quantitative estimate of drug-likeness (QED) is 0.827. The number of nitrogens with one attached hydrogen (secondary N) is 1. The molecule has 0 aliphatic carbocycles. The minimum atomic E-state index is -0.0284. The molecule has 0 spiro atoms. The molecule has 2 aromatic rings. The fraction of sp³-hybridized carbons (Fsp3) is 0.188.